The Balaban J connectivity index is 1.45. The van der Waals surface area contributed by atoms with Gasteiger partial charge < -0.3 is 19.1 Å². The number of fused-ring (bicyclic) bond motifs is 1. The second-order valence-corrected chi connectivity index (χ2v) is 8.10. The number of amides is 1. The second kappa shape index (κ2) is 8.41. The first-order valence-corrected chi connectivity index (χ1v) is 10.5. The molecule has 0 aromatic heterocycles. The Morgan fingerprint density at radius 3 is 2.71 bits per heavy atom. The third kappa shape index (κ3) is 4.26. The molecule has 1 aromatic carbocycles. The van der Waals surface area contributed by atoms with E-state index in [-0.39, 0.29) is 36.4 Å². The predicted molar refractivity (Wildman–Crippen MR) is 103 cm³/mol. The van der Waals surface area contributed by atoms with Crippen molar-refractivity contribution in [3.8, 4) is 11.5 Å². The molecule has 0 radical (unpaired) electrons. The fourth-order valence-corrected chi connectivity index (χ4v) is 4.37. The molecule has 0 saturated heterocycles. The Morgan fingerprint density at radius 1 is 1.14 bits per heavy atom. The molecule has 1 aromatic rings. The van der Waals surface area contributed by atoms with Crippen LogP contribution in [0.3, 0.4) is 0 Å². The lowest BCUT2D eigenvalue weighted by Crippen LogP contribution is -2.38. The number of carbonyl (C=O) groups is 2. The molecule has 4 rings (SSSR count). The molecule has 3 aliphatic rings. The second-order valence-electron chi connectivity index (χ2n) is 8.10. The van der Waals surface area contributed by atoms with Crippen molar-refractivity contribution < 1.29 is 23.8 Å². The SMILES string of the molecule is CCOC(=O)[C@@H]1C[C@H]1CN(Cc1ccc2c(c1)OCO2)C(=O)C1CCCCC1. The smallest absolute Gasteiger partial charge is 0.309 e. The molecule has 2 fully saturated rings. The van der Waals surface area contributed by atoms with Gasteiger partial charge in [-0.15, -0.1) is 0 Å². The lowest BCUT2D eigenvalue weighted by atomic mass is 9.88. The van der Waals surface area contributed by atoms with Crippen LogP contribution in [0.15, 0.2) is 18.2 Å². The van der Waals surface area contributed by atoms with Crippen LogP contribution in [-0.2, 0) is 20.9 Å². The summed E-state index contributed by atoms with van der Waals surface area (Å²) in [5.41, 5.74) is 1.03. The molecule has 0 unspecified atom stereocenters. The van der Waals surface area contributed by atoms with Crippen LogP contribution in [0.5, 0.6) is 11.5 Å². The average Bonchev–Trinajstić information content (AvgIpc) is 3.33. The normalized spacial score (nSPS) is 23.3. The monoisotopic (exact) mass is 387 g/mol. The minimum atomic E-state index is -0.124. The van der Waals surface area contributed by atoms with E-state index >= 15 is 0 Å². The molecular weight excluding hydrogens is 358 g/mol. The van der Waals surface area contributed by atoms with Gasteiger partial charge in [-0.25, -0.2) is 0 Å². The molecule has 152 valence electrons. The van der Waals surface area contributed by atoms with Gasteiger partial charge in [0.15, 0.2) is 11.5 Å². The average molecular weight is 387 g/mol. The van der Waals surface area contributed by atoms with Crippen LogP contribution in [0.2, 0.25) is 0 Å². The molecule has 1 amide bonds. The van der Waals surface area contributed by atoms with Gasteiger partial charge in [-0.3, -0.25) is 9.59 Å². The Bertz CT molecular complexity index is 728. The Hall–Kier alpha value is -2.24. The zero-order valence-electron chi connectivity index (χ0n) is 16.5. The van der Waals surface area contributed by atoms with Gasteiger partial charge in [-0.1, -0.05) is 25.3 Å². The van der Waals surface area contributed by atoms with Crippen molar-refractivity contribution in [2.45, 2.75) is 52.0 Å². The molecule has 0 N–H and O–H groups in total. The zero-order chi connectivity index (χ0) is 19.5. The Morgan fingerprint density at radius 2 is 1.93 bits per heavy atom. The number of hydrogen-bond acceptors (Lipinski definition) is 5. The van der Waals surface area contributed by atoms with E-state index in [4.69, 9.17) is 14.2 Å². The van der Waals surface area contributed by atoms with Crippen molar-refractivity contribution in [1.29, 1.82) is 0 Å². The maximum atomic E-state index is 13.3. The number of hydrogen-bond donors (Lipinski definition) is 0. The molecular formula is C22H29NO5. The highest BCUT2D eigenvalue weighted by Crippen LogP contribution is 2.41. The summed E-state index contributed by atoms with van der Waals surface area (Å²) < 4.78 is 16.0. The third-order valence-electron chi connectivity index (χ3n) is 6.04. The highest BCUT2D eigenvalue weighted by atomic mass is 16.7. The van der Waals surface area contributed by atoms with Crippen molar-refractivity contribution in [1.82, 2.24) is 4.90 Å². The van der Waals surface area contributed by atoms with Crippen molar-refractivity contribution in [2.24, 2.45) is 17.8 Å². The topological polar surface area (TPSA) is 65.1 Å². The van der Waals surface area contributed by atoms with E-state index in [0.717, 1.165) is 49.2 Å². The van der Waals surface area contributed by atoms with Gasteiger partial charge in [-0.2, -0.15) is 0 Å². The summed E-state index contributed by atoms with van der Waals surface area (Å²) in [5.74, 6) is 1.85. The van der Waals surface area contributed by atoms with Crippen molar-refractivity contribution >= 4 is 11.9 Å². The van der Waals surface area contributed by atoms with Crippen LogP contribution in [0.4, 0.5) is 0 Å². The van der Waals surface area contributed by atoms with E-state index in [9.17, 15) is 9.59 Å². The molecule has 1 aliphatic heterocycles. The standard InChI is InChI=1S/C22H29NO5/c1-2-26-22(25)18-11-17(18)13-23(21(24)16-6-4-3-5-7-16)12-15-8-9-19-20(10-15)28-14-27-19/h8-10,16-18H,2-7,11-14H2,1H3/t17-,18+/m0/s1. The van der Waals surface area contributed by atoms with Crippen molar-refractivity contribution in [3.05, 3.63) is 23.8 Å². The highest BCUT2D eigenvalue weighted by molar-refractivity contribution is 5.80. The molecule has 0 bridgehead atoms. The van der Waals surface area contributed by atoms with E-state index < -0.39 is 0 Å². The van der Waals surface area contributed by atoms with Crippen molar-refractivity contribution in [2.75, 3.05) is 19.9 Å². The number of carbonyl (C=O) groups excluding carboxylic acids is 2. The number of benzene rings is 1. The number of nitrogens with zero attached hydrogens (tertiary/aromatic N) is 1. The van der Waals surface area contributed by atoms with Crippen LogP contribution in [-0.4, -0.2) is 36.7 Å². The largest absolute Gasteiger partial charge is 0.466 e. The minimum absolute atomic E-state index is 0.0571. The van der Waals surface area contributed by atoms with Crippen molar-refractivity contribution in [3.63, 3.8) is 0 Å². The van der Waals surface area contributed by atoms with E-state index in [1.54, 1.807) is 0 Å². The van der Waals surface area contributed by atoms with Crippen LogP contribution < -0.4 is 9.47 Å². The van der Waals surface area contributed by atoms with E-state index in [1.165, 1.54) is 6.42 Å². The first kappa shape index (κ1) is 19.1. The summed E-state index contributed by atoms with van der Waals surface area (Å²) in [7, 11) is 0. The third-order valence-corrected chi connectivity index (χ3v) is 6.04. The maximum Gasteiger partial charge on any atom is 0.309 e. The Labute approximate surface area is 166 Å². The summed E-state index contributed by atoms with van der Waals surface area (Å²) in [6, 6.07) is 5.85. The van der Waals surface area contributed by atoms with Gasteiger partial charge in [0.25, 0.3) is 0 Å². The van der Waals surface area contributed by atoms with Crippen LogP contribution in [0.25, 0.3) is 0 Å². The van der Waals surface area contributed by atoms with Gasteiger partial charge in [0, 0.05) is 19.0 Å². The summed E-state index contributed by atoms with van der Waals surface area (Å²) in [6.07, 6.45) is 6.24. The maximum absolute atomic E-state index is 13.3. The zero-order valence-corrected chi connectivity index (χ0v) is 16.5. The summed E-state index contributed by atoms with van der Waals surface area (Å²) in [5, 5.41) is 0. The predicted octanol–water partition coefficient (Wildman–Crippen LogP) is 3.52. The number of ether oxygens (including phenoxy) is 3. The molecule has 6 heteroatoms. The fourth-order valence-electron chi connectivity index (χ4n) is 4.37. The summed E-state index contributed by atoms with van der Waals surface area (Å²) >= 11 is 0. The van der Waals surface area contributed by atoms with E-state index in [0.29, 0.717) is 19.7 Å². The van der Waals surface area contributed by atoms with Crippen LogP contribution >= 0.6 is 0 Å². The minimum Gasteiger partial charge on any atom is -0.466 e. The molecule has 2 atom stereocenters. The van der Waals surface area contributed by atoms with Crippen LogP contribution in [0, 0.1) is 17.8 Å². The summed E-state index contributed by atoms with van der Waals surface area (Å²) in [4.78, 5) is 27.2. The molecule has 1 heterocycles. The van der Waals surface area contributed by atoms with Gasteiger partial charge in [0.1, 0.15) is 0 Å². The van der Waals surface area contributed by atoms with E-state index in [1.807, 2.05) is 30.0 Å². The molecule has 2 saturated carbocycles. The fraction of sp³-hybridized carbons (Fsp3) is 0.636. The quantitative estimate of drug-likeness (QED) is 0.670. The number of rotatable bonds is 7. The lowest BCUT2D eigenvalue weighted by molar-refractivity contribution is -0.145. The first-order valence-electron chi connectivity index (χ1n) is 10.5. The van der Waals surface area contributed by atoms with Gasteiger partial charge in [0.2, 0.25) is 12.7 Å². The number of esters is 1. The molecule has 2 aliphatic carbocycles. The van der Waals surface area contributed by atoms with Crippen LogP contribution in [0.1, 0.15) is 51.0 Å². The highest BCUT2D eigenvalue weighted by Gasteiger charge is 2.45. The van der Waals surface area contributed by atoms with Gasteiger partial charge in [0.05, 0.1) is 12.5 Å². The first-order chi connectivity index (χ1) is 13.7. The Kier molecular flexibility index (Phi) is 5.74. The molecule has 0 spiro atoms. The molecule has 28 heavy (non-hydrogen) atoms. The molecule has 6 nitrogen and oxygen atoms in total. The lowest BCUT2D eigenvalue weighted by Gasteiger charge is -2.29. The van der Waals surface area contributed by atoms with E-state index in [2.05, 4.69) is 0 Å². The summed E-state index contributed by atoms with van der Waals surface area (Å²) in [6.45, 7) is 3.63. The van der Waals surface area contributed by atoms with Gasteiger partial charge >= 0.3 is 5.97 Å². The van der Waals surface area contributed by atoms with Gasteiger partial charge in [-0.05, 0) is 49.8 Å².